The minimum atomic E-state index is -0.0734. The lowest BCUT2D eigenvalue weighted by Crippen LogP contribution is -2.13. The second-order valence-corrected chi connectivity index (χ2v) is 6.29. The third-order valence-corrected chi connectivity index (χ3v) is 4.16. The van der Waals surface area contributed by atoms with E-state index in [1.807, 2.05) is 12.1 Å². The predicted octanol–water partition coefficient (Wildman–Crippen LogP) is 4.27. The third-order valence-electron chi connectivity index (χ3n) is 3.70. The van der Waals surface area contributed by atoms with E-state index in [9.17, 15) is 0 Å². The monoisotopic (exact) mass is 343 g/mol. The number of H-pyrrole nitrogens is 1. The van der Waals surface area contributed by atoms with Gasteiger partial charge in [0.1, 0.15) is 5.82 Å². The van der Waals surface area contributed by atoms with Crippen LogP contribution in [0.1, 0.15) is 29.4 Å². The number of imidazole rings is 1. The smallest absolute Gasteiger partial charge is 0.124 e. The zero-order valence-corrected chi connectivity index (χ0v) is 13.5. The van der Waals surface area contributed by atoms with Crippen molar-refractivity contribution in [3.8, 4) is 0 Å². The first-order valence-corrected chi connectivity index (χ1v) is 7.88. The Balaban J connectivity index is 1.78. The molecule has 0 bridgehead atoms. The van der Waals surface area contributed by atoms with Crippen LogP contribution < -0.4 is 5.73 Å². The average molecular weight is 344 g/mol. The first kappa shape index (κ1) is 14.3. The highest BCUT2D eigenvalue weighted by Crippen LogP contribution is 2.24. The minimum absolute atomic E-state index is 0.0734. The summed E-state index contributed by atoms with van der Waals surface area (Å²) in [7, 11) is 0. The summed E-state index contributed by atoms with van der Waals surface area (Å²) in [5.74, 6) is 0.863. The highest BCUT2D eigenvalue weighted by molar-refractivity contribution is 9.10. The van der Waals surface area contributed by atoms with Gasteiger partial charge in [0, 0.05) is 4.47 Å². The van der Waals surface area contributed by atoms with Gasteiger partial charge in [-0.3, -0.25) is 0 Å². The first-order chi connectivity index (χ1) is 10.1. The van der Waals surface area contributed by atoms with E-state index < -0.39 is 0 Å². The number of hydrogen-bond acceptors (Lipinski definition) is 2. The Morgan fingerprint density at radius 1 is 1.24 bits per heavy atom. The van der Waals surface area contributed by atoms with E-state index in [2.05, 4.69) is 63.2 Å². The summed E-state index contributed by atoms with van der Waals surface area (Å²) in [6, 6.07) is 14.5. The summed E-state index contributed by atoms with van der Waals surface area (Å²) >= 11 is 3.51. The quantitative estimate of drug-likeness (QED) is 0.743. The van der Waals surface area contributed by atoms with Crippen LogP contribution in [0, 0.1) is 6.92 Å². The Bertz CT molecular complexity index is 749. The molecule has 0 saturated carbocycles. The van der Waals surface area contributed by atoms with Crippen molar-refractivity contribution in [1.82, 2.24) is 9.97 Å². The molecule has 0 spiro atoms. The van der Waals surface area contributed by atoms with Crippen LogP contribution in [0.4, 0.5) is 0 Å². The molecular weight excluding hydrogens is 326 g/mol. The Morgan fingerprint density at radius 3 is 2.76 bits per heavy atom. The highest BCUT2D eigenvalue weighted by Gasteiger charge is 2.13. The fourth-order valence-corrected chi connectivity index (χ4v) is 3.12. The van der Waals surface area contributed by atoms with Gasteiger partial charge >= 0.3 is 0 Å². The molecule has 3 rings (SSSR count). The van der Waals surface area contributed by atoms with Crippen molar-refractivity contribution < 1.29 is 0 Å². The number of hydrogen-bond donors (Lipinski definition) is 2. The molecular formula is C17H18BrN3. The zero-order valence-electron chi connectivity index (χ0n) is 11.9. The topological polar surface area (TPSA) is 54.7 Å². The molecule has 1 atom stereocenters. The van der Waals surface area contributed by atoms with Crippen LogP contribution in [0.2, 0.25) is 0 Å². The lowest BCUT2D eigenvalue weighted by Gasteiger charge is -2.08. The molecule has 21 heavy (non-hydrogen) atoms. The molecule has 0 aliphatic carbocycles. The number of aromatic amines is 1. The summed E-state index contributed by atoms with van der Waals surface area (Å²) in [6.45, 7) is 2.06. The van der Waals surface area contributed by atoms with Gasteiger partial charge in [-0.25, -0.2) is 4.98 Å². The van der Waals surface area contributed by atoms with Crippen LogP contribution in [0.3, 0.4) is 0 Å². The van der Waals surface area contributed by atoms with Gasteiger partial charge in [-0.1, -0.05) is 46.3 Å². The summed E-state index contributed by atoms with van der Waals surface area (Å²) in [5.41, 5.74) is 10.8. The van der Waals surface area contributed by atoms with Crippen LogP contribution in [-0.4, -0.2) is 9.97 Å². The van der Waals surface area contributed by atoms with E-state index in [-0.39, 0.29) is 6.04 Å². The van der Waals surface area contributed by atoms with Crippen LogP contribution in [0.25, 0.3) is 11.0 Å². The SMILES string of the molecule is Cc1cc(Br)cc2[nH]c(C(N)CCc3ccccc3)nc12. The zero-order chi connectivity index (χ0) is 14.8. The average Bonchev–Trinajstić information content (AvgIpc) is 2.90. The largest absolute Gasteiger partial charge is 0.341 e. The van der Waals surface area contributed by atoms with Crippen molar-refractivity contribution in [2.75, 3.05) is 0 Å². The molecule has 0 aliphatic heterocycles. The molecule has 0 radical (unpaired) electrons. The number of nitrogens with zero attached hydrogens (tertiary/aromatic N) is 1. The maximum absolute atomic E-state index is 6.29. The van der Waals surface area contributed by atoms with Crippen LogP contribution in [0.15, 0.2) is 46.9 Å². The molecule has 3 aromatic rings. The van der Waals surface area contributed by atoms with E-state index >= 15 is 0 Å². The standard InChI is InChI=1S/C17H18BrN3/c1-11-9-13(18)10-15-16(11)21-17(20-15)14(19)8-7-12-5-3-2-4-6-12/h2-6,9-10,14H,7-8,19H2,1H3,(H,20,21). The lowest BCUT2D eigenvalue weighted by molar-refractivity contribution is 0.621. The Hall–Kier alpha value is -1.65. The number of halogens is 1. The molecule has 3 nitrogen and oxygen atoms in total. The molecule has 1 heterocycles. The van der Waals surface area contributed by atoms with E-state index in [0.29, 0.717) is 0 Å². The van der Waals surface area contributed by atoms with Crippen molar-refractivity contribution in [1.29, 1.82) is 0 Å². The summed E-state index contributed by atoms with van der Waals surface area (Å²) in [6.07, 6.45) is 1.84. The molecule has 0 amide bonds. The number of nitrogens with two attached hydrogens (primary N) is 1. The number of aryl methyl sites for hydroxylation is 2. The van der Waals surface area contributed by atoms with Crippen LogP contribution in [-0.2, 0) is 6.42 Å². The third kappa shape index (κ3) is 3.17. The minimum Gasteiger partial charge on any atom is -0.341 e. The lowest BCUT2D eigenvalue weighted by atomic mass is 10.1. The number of fused-ring (bicyclic) bond motifs is 1. The van der Waals surface area contributed by atoms with Gasteiger partial charge in [0.25, 0.3) is 0 Å². The molecule has 2 aromatic carbocycles. The molecule has 1 unspecified atom stereocenters. The molecule has 0 saturated heterocycles. The normalized spacial score (nSPS) is 12.7. The van der Waals surface area contributed by atoms with Gasteiger partial charge < -0.3 is 10.7 Å². The predicted molar refractivity (Wildman–Crippen MR) is 90.2 cm³/mol. The second kappa shape index (κ2) is 6.00. The van der Waals surface area contributed by atoms with Crippen molar-refractivity contribution >= 4 is 27.0 Å². The van der Waals surface area contributed by atoms with Crippen molar-refractivity contribution in [3.63, 3.8) is 0 Å². The van der Waals surface area contributed by atoms with Crippen molar-refractivity contribution in [2.24, 2.45) is 5.73 Å². The molecule has 108 valence electrons. The molecule has 0 fully saturated rings. The van der Waals surface area contributed by atoms with Gasteiger partial charge in [0.15, 0.2) is 0 Å². The second-order valence-electron chi connectivity index (χ2n) is 5.37. The Kier molecular flexibility index (Phi) is 4.08. The summed E-state index contributed by atoms with van der Waals surface area (Å²) in [4.78, 5) is 8.01. The van der Waals surface area contributed by atoms with E-state index in [0.717, 1.165) is 39.7 Å². The van der Waals surface area contributed by atoms with Gasteiger partial charge in [-0.2, -0.15) is 0 Å². The summed E-state index contributed by atoms with van der Waals surface area (Å²) < 4.78 is 1.06. The van der Waals surface area contributed by atoms with E-state index in [4.69, 9.17) is 5.73 Å². The molecule has 4 heteroatoms. The van der Waals surface area contributed by atoms with E-state index in [1.54, 1.807) is 0 Å². The van der Waals surface area contributed by atoms with Gasteiger partial charge in [-0.15, -0.1) is 0 Å². The molecule has 0 aliphatic rings. The number of aromatic nitrogens is 2. The highest BCUT2D eigenvalue weighted by atomic mass is 79.9. The number of rotatable bonds is 4. The Labute approximate surface area is 132 Å². The maximum atomic E-state index is 6.29. The summed E-state index contributed by atoms with van der Waals surface area (Å²) in [5, 5.41) is 0. The number of nitrogens with one attached hydrogen (secondary N) is 1. The van der Waals surface area contributed by atoms with Gasteiger partial charge in [-0.05, 0) is 43.0 Å². The Morgan fingerprint density at radius 2 is 2.00 bits per heavy atom. The van der Waals surface area contributed by atoms with Crippen LogP contribution in [0.5, 0.6) is 0 Å². The van der Waals surface area contributed by atoms with E-state index in [1.165, 1.54) is 5.56 Å². The van der Waals surface area contributed by atoms with Gasteiger partial charge in [0.05, 0.1) is 17.1 Å². The molecule has 1 aromatic heterocycles. The maximum Gasteiger partial charge on any atom is 0.124 e. The fraction of sp³-hybridized carbons (Fsp3) is 0.235. The van der Waals surface area contributed by atoms with Crippen molar-refractivity contribution in [2.45, 2.75) is 25.8 Å². The number of benzene rings is 2. The fourth-order valence-electron chi connectivity index (χ4n) is 2.54. The van der Waals surface area contributed by atoms with Crippen molar-refractivity contribution in [3.05, 3.63) is 63.9 Å². The first-order valence-electron chi connectivity index (χ1n) is 7.09. The molecule has 3 N–H and O–H groups in total. The van der Waals surface area contributed by atoms with Gasteiger partial charge in [0.2, 0.25) is 0 Å². The van der Waals surface area contributed by atoms with Crippen LogP contribution >= 0.6 is 15.9 Å².